The van der Waals surface area contributed by atoms with Crippen LogP contribution in [0.3, 0.4) is 0 Å². The van der Waals surface area contributed by atoms with Gasteiger partial charge in [0.2, 0.25) is 0 Å². The second kappa shape index (κ2) is 5.45. The van der Waals surface area contributed by atoms with Crippen molar-refractivity contribution >= 4 is 21.6 Å². The molecule has 2 saturated carbocycles. The third kappa shape index (κ3) is 3.51. The Bertz CT molecular complexity index is 450. The molecule has 0 heterocycles. The maximum Gasteiger partial charge on any atom is 0.0380 e. The van der Waals surface area contributed by atoms with Crippen LogP contribution in [0.1, 0.15) is 38.2 Å². The SMILES string of the molecule is CC(N)Cc1ccc(N(CC2CC2)C2CC2)cc1Br. The lowest BCUT2D eigenvalue weighted by Crippen LogP contribution is -2.28. The monoisotopic (exact) mass is 322 g/mol. The van der Waals surface area contributed by atoms with Gasteiger partial charge in [0.05, 0.1) is 0 Å². The van der Waals surface area contributed by atoms with E-state index in [1.54, 1.807) is 0 Å². The van der Waals surface area contributed by atoms with Crippen LogP contribution in [0.25, 0.3) is 0 Å². The summed E-state index contributed by atoms with van der Waals surface area (Å²) in [5, 5.41) is 0. The molecule has 3 rings (SSSR count). The summed E-state index contributed by atoms with van der Waals surface area (Å²) in [6.07, 6.45) is 6.52. The fourth-order valence-corrected chi connectivity index (χ4v) is 3.19. The molecule has 1 aromatic carbocycles. The lowest BCUT2D eigenvalue weighted by atomic mass is 10.1. The van der Waals surface area contributed by atoms with Crippen molar-refractivity contribution in [3.63, 3.8) is 0 Å². The normalized spacial score (nSPS) is 20.4. The number of anilines is 1. The molecule has 3 heteroatoms. The van der Waals surface area contributed by atoms with Crippen LogP contribution >= 0.6 is 15.9 Å². The number of benzene rings is 1. The zero-order valence-corrected chi connectivity index (χ0v) is 13.2. The van der Waals surface area contributed by atoms with E-state index in [0.717, 1.165) is 18.4 Å². The van der Waals surface area contributed by atoms with Crippen molar-refractivity contribution in [3.8, 4) is 0 Å². The van der Waals surface area contributed by atoms with Gasteiger partial charge in [-0.2, -0.15) is 0 Å². The Morgan fingerprint density at radius 3 is 2.58 bits per heavy atom. The van der Waals surface area contributed by atoms with E-state index in [2.05, 4.69) is 46.0 Å². The predicted octanol–water partition coefficient (Wildman–Crippen LogP) is 3.72. The van der Waals surface area contributed by atoms with Crippen LogP contribution in [0.5, 0.6) is 0 Å². The molecule has 0 aromatic heterocycles. The summed E-state index contributed by atoms with van der Waals surface area (Å²) in [5.74, 6) is 0.947. The second-order valence-electron chi connectivity index (χ2n) is 6.28. The van der Waals surface area contributed by atoms with Crippen LogP contribution in [-0.4, -0.2) is 18.6 Å². The molecule has 19 heavy (non-hydrogen) atoms. The molecular weight excluding hydrogens is 300 g/mol. The Morgan fingerprint density at radius 1 is 1.32 bits per heavy atom. The summed E-state index contributed by atoms with van der Waals surface area (Å²) in [5.41, 5.74) is 8.60. The van der Waals surface area contributed by atoms with E-state index >= 15 is 0 Å². The van der Waals surface area contributed by atoms with Gasteiger partial charge < -0.3 is 10.6 Å². The average molecular weight is 323 g/mol. The first-order valence-electron chi connectivity index (χ1n) is 7.44. The number of rotatable bonds is 6. The van der Waals surface area contributed by atoms with Crippen molar-refractivity contribution < 1.29 is 0 Å². The van der Waals surface area contributed by atoms with Crippen molar-refractivity contribution in [2.45, 2.75) is 51.1 Å². The van der Waals surface area contributed by atoms with Gasteiger partial charge in [-0.25, -0.2) is 0 Å². The molecule has 104 valence electrons. The summed E-state index contributed by atoms with van der Waals surface area (Å²) in [4.78, 5) is 2.62. The Labute approximate surface area is 124 Å². The van der Waals surface area contributed by atoms with Crippen LogP contribution in [-0.2, 0) is 6.42 Å². The van der Waals surface area contributed by atoms with Crippen LogP contribution in [0.4, 0.5) is 5.69 Å². The zero-order valence-electron chi connectivity index (χ0n) is 11.6. The van der Waals surface area contributed by atoms with Gasteiger partial charge in [0.25, 0.3) is 0 Å². The van der Waals surface area contributed by atoms with Crippen molar-refractivity contribution in [1.82, 2.24) is 0 Å². The standard InChI is InChI=1S/C16H23BrN2/c1-11(18)8-13-4-5-15(9-16(13)17)19(14-6-7-14)10-12-2-3-12/h4-5,9,11-12,14H,2-3,6-8,10,18H2,1H3. The highest BCUT2D eigenvalue weighted by Gasteiger charge is 2.33. The highest BCUT2D eigenvalue weighted by molar-refractivity contribution is 9.10. The van der Waals surface area contributed by atoms with Gasteiger partial charge in [0.1, 0.15) is 0 Å². The smallest absolute Gasteiger partial charge is 0.0380 e. The molecule has 0 saturated heterocycles. The van der Waals surface area contributed by atoms with Crippen molar-refractivity contribution in [1.29, 1.82) is 0 Å². The Hall–Kier alpha value is -0.540. The molecule has 0 amide bonds. The molecular formula is C16H23BrN2. The Balaban J connectivity index is 1.76. The average Bonchev–Trinajstić information content (AvgIpc) is 3.22. The summed E-state index contributed by atoms with van der Waals surface area (Å²) in [7, 11) is 0. The van der Waals surface area contributed by atoms with E-state index in [9.17, 15) is 0 Å². The molecule has 1 atom stereocenters. The molecule has 2 N–H and O–H groups in total. The minimum Gasteiger partial charge on any atom is -0.368 e. The van der Waals surface area contributed by atoms with Gasteiger partial charge in [-0.3, -0.25) is 0 Å². The van der Waals surface area contributed by atoms with E-state index in [1.807, 2.05) is 0 Å². The van der Waals surface area contributed by atoms with Gasteiger partial charge in [-0.1, -0.05) is 22.0 Å². The molecule has 0 spiro atoms. The fourth-order valence-electron chi connectivity index (χ4n) is 2.66. The minimum atomic E-state index is 0.216. The number of nitrogens with two attached hydrogens (primary N) is 1. The summed E-state index contributed by atoms with van der Waals surface area (Å²) in [6, 6.07) is 7.83. The first-order chi connectivity index (χ1) is 9.13. The molecule has 1 unspecified atom stereocenters. The fraction of sp³-hybridized carbons (Fsp3) is 0.625. The van der Waals surface area contributed by atoms with Crippen molar-refractivity contribution in [2.75, 3.05) is 11.4 Å². The molecule has 0 aliphatic heterocycles. The van der Waals surface area contributed by atoms with E-state index in [4.69, 9.17) is 5.73 Å². The largest absolute Gasteiger partial charge is 0.368 e. The molecule has 2 fully saturated rings. The van der Waals surface area contributed by atoms with Gasteiger partial charge in [0.15, 0.2) is 0 Å². The quantitative estimate of drug-likeness (QED) is 0.864. The highest BCUT2D eigenvalue weighted by Crippen LogP contribution is 2.38. The molecule has 0 bridgehead atoms. The van der Waals surface area contributed by atoms with Crippen LogP contribution in [0.15, 0.2) is 22.7 Å². The minimum absolute atomic E-state index is 0.216. The van der Waals surface area contributed by atoms with Crippen molar-refractivity contribution in [2.24, 2.45) is 11.7 Å². The van der Waals surface area contributed by atoms with Gasteiger partial charge in [-0.15, -0.1) is 0 Å². The highest BCUT2D eigenvalue weighted by atomic mass is 79.9. The molecule has 2 aliphatic carbocycles. The van der Waals surface area contributed by atoms with Crippen molar-refractivity contribution in [3.05, 3.63) is 28.2 Å². The number of nitrogens with zero attached hydrogens (tertiary/aromatic N) is 1. The van der Waals surface area contributed by atoms with Gasteiger partial charge >= 0.3 is 0 Å². The Kier molecular flexibility index (Phi) is 3.86. The number of hydrogen-bond donors (Lipinski definition) is 1. The topological polar surface area (TPSA) is 29.3 Å². The summed E-state index contributed by atoms with van der Waals surface area (Å²) in [6.45, 7) is 3.31. The van der Waals surface area contributed by atoms with E-state index in [-0.39, 0.29) is 6.04 Å². The molecule has 0 radical (unpaired) electrons. The lowest BCUT2D eigenvalue weighted by molar-refractivity contribution is 0.716. The first-order valence-corrected chi connectivity index (χ1v) is 8.23. The van der Waals surface area contributed by atoms with Crippen LogP contribution in [0.2, 0.25) is 0 Å². The molecule has 2 nitrogen and oxygen atoms in total. The third-order valence-corrected chi connectivity index (χ3v) is 4.79. The summed E-state index contributed by atoms with van der Waals surface area (Å²) >= 11 is 3.71. The van der Waals surface area contributed by atoms with E-state index in [0.29, 0.717) is 0 Å². The van der Waals surface area contributed by atoms with E-state index in [1.165, 1.54) is 48.0 Å². The lowest BCUT2D eigenvalue weighted by Gasteiger charge is -2.25. The maximum atomic E-state index is 5.89. The summed E-state index contributed by atoms with van der Waals surface area (Å²) < 4.78 is 1.21. The van der Waals surface area contributed by atoms with Gasteiger partial charge in [0, 0.05) is 28.8 Å². The molecule has 2 aliphatic rings. The first kappa shape index (κ1) is 13.4. The van der Waals surface area contributed by atoms with E-state index < -0.39 is 0 Å². The van der Waals surface area contributed by atoms with Gasteiger partial charge in [-0.05, 0) is 62.6 Å². The van der Waals surface area contributed by atoms with Crippen LogP contribution in [0, 0.1) is 5.92 Å². The second-order valence-corrected chi connectivity index (χ2v) is 7.14. The predicted molar refractivity (Wildman–Crippen MR) is 84.6 cm³/mol. The zero-order chi connectivity index (χ0) is 13.4. The number of halogens is 1. The molecule has 1 aromatic rings. The maximum absolute atomic E-state index is 5.89. The number of hydrogen-bond acceptors (Lipinski definition) is 2. The Morgan fingerprint density at radius 2 is 2.05 bits per heavy atom. The van der Waals surface area contributed by atoms with Crippen LogP contribution < -0.4 is 10.6 Å². The third-order valence-electron chi connectivity index (χ3n) is 4.05.